The van der Waals surface area contributed by atoms with Crippen molar-refractivity contribution in [3.8, 4) is 0 Å². The lowest BCUT2D eigenvalue weighted by Gasteiger charge is -2.11. The van der Waals surface area contributed by atoms with Crippen LogP contribution in [-0.4, -0.2) is 61.8 Å². The molecule has 1 amide bonds. The number of aromatic nitrogens is 1. The highest BCUT2D eigenvalue weighted by Crippen LogP contribution is 2.26. The van der Waals surface area contributed by atoms with Crippen LogP contribution in [0, 0.1) is 0 Å². The first kappa shape index (κ1) is 18.3. The molecule has 7 heteroatoms. The Morgan fingerprint density at radius 2 is 2.19 bits per heavy atom. The van der Waals surface area contributed by atoms with Gasteiger partial charge in [-0.3, -0.25) is 0 Å². The van der Waals surface area contributed by atoms with E-state index in [2.05, 4.69) is 21.3 Å². The molecule has 0 spiro atoms. The number of amides is 1. The summed E-state index contributed by atoms with van der Waals surface area (Å²) in [5.41, 5.74) is 3.50. The molecule has 0 unspecified atom stereocenters. The van der Waals surface area contributed by atoms with Crippen LogP contribution >= 0.6 is 0 Å². The van der Waals surface area contributed by atoms with Gasteiger partial charge in [0.05, 0.1) is 12.6 Å². The minimum atomic E-state index is -0.367. The number of hydrogen-bond acceptors (Lipinski definition) is 5. The van der Waals surface area contributed by atoms with Crippen LogP contribution in [0.2, 0.25) is 0 Å². The number of ether oxygens (including phenoxy) is 2. The van der Waals surface area contributed by atoms with Gasteiger partial charge in [-0.05, 0) is 57.1 Å². The van der Waals surface area contributed by atoms with E-state index in [9.17, 15) is 9.59 Å². The molecule has 2 aromatic rings. The number of rotatable bonds is 7. The van der Waals surface area contributed by atoms with Crippen molar-refractivity contribution >= 4 is 23.0 Å². The fraction of sp³-hybridized carbons (Fsp3) is 0.474. The quantitative estimate of drug-likeness (QED) is 0.740. The molecule has 0 bridgehead atoms. The zero-order valence-corrected chi connectivity index (χ0v) is 15.4. The smallest absolute Gasteiger partial charge is 0.407 e. The molecule has 1 atom stereocenters. The van der Waals surface area contributed by atoms with Crippen LogP contribution < -0.4 is 5.32 Å². The summed E-state index contributed by atoms with van der Waals surface area (Å²) in [6.07, 6.45) is 1.07. The first-order valence-corrected chi connectivity index (χ1v) is 8.86. The van der Waals surface area contributed by atoms with Crippen molar-refractivity contribution in [3.05, 3.63) is 35.0 Å². The third kappa shape index (κ3) is 3.99. The lowest BCUT2D eigenvalue weighted by atomic mass is 10.0. The van der Waals surface area contributed by atoms with Gasteiger partial charge in [0.2, 0.25) is 0 Å². The van der Waals surface area contributed by atoms with Crippen molar-refractivity contribution in [2.75, 3.05) is 33.9 Å². The second kappa shape index (κ2) is 7.78. The minimum absolute atomic E-state index is 0.0198. The Balaban J connectivity index is 1.93. The number of alkyl carbamates (subject to hydrolysis) is 1. The van der Waals surface area contributed by atoms with Crippen molar-refractivity contribution < 1.29 is 19.1 Å². The van der Waals surface area contributed by atoms with E-state index in [1.54, 1.807) is 6.92 Å². The number of nitrogens with zero attached hydrogens (tertiary/aromatic N) is 1. The van der Waals surface area contributed by atoms with Crippen molar-refractivity contribution in [3.63, 3.8) is 0 Å². The summed E-state index contributed by atoms with van der Waals surface area (Å²) in [6.45, 7) is 3.35. The Bertz CT molecular complexity index is 812. The van der Waals surface area contributed by atoms with Crippen LogP contribution in [0.15, 0.2) is 18.2 Å². The molecule has 0 aliphatic carbocycles. The van der Waals surface area contributed by atoms with Crippen molar-refractivity contribution in [1.82, 2.24) is 15.2 Å². The summed E-state index contributed by atoms with van der Waals surface area (Å²) in [4.78, 5) is 28.9. The Labute approximate surface area is 152 Å². The maximum atomic E-state index is 12.3. The fourth-order valence-corrected chi connectivity index (χ4v) is 3.22. The second-order valence-corrected chi connectivity index (χ2v) is 6.78. The van der Waals surface area contributed by atoms with Gasteiger partial charge in [-0.25, -0.2) is 9.59 Å². The molecule has 1 aromatic carbocycles. The first-order valence-electron chi connectivity index (χ1n) is 8.86. The van der Waals surface area contributed by atoms with Gasteiger partial charge in [-0.2, -0.15) is 0 Å². The Hall–Kier alpha value is -2.54. The van der Waals surface area contributed by atoms with Gasteiger partial charge >= 0.3 is 12.1 Å². The molecule has 0 saturated carbocycles. The third-order valence-corrected chi connectivity index (χ3v) is 4.48. The van der Waals surface area contributed by atoms with Gasteiger partial charge in [0.25, 0.3) is 0 Å². The highest BCUT2D eigenvalue weighted by molar-refractivity contribution is 5.98. The molecular formula is C19H25N3O4. The summed E-state index contributed by atoms with van der Waals surface area (Å²) in [7, 11) is 4.01. The van der Waals surface area contributed by atoms with Gasteiger partial charge in [-0.1, -0.05) is 6.07 Å². The van der Waals surface area contributed by atoms with Crippen molar-refractivity contribution in [2.24, 2.45) is 0 Å². The topological polar surface area (TPSA) is 83.7 Å². The van der Waals surface area contributed by atoms with Crippen LogP contribution in [-0.2, 0) is 22.3 Å². The monoisotopic (exact) mass is 359 g/mol. The van der Waals surface area contributed by atoms with Gasteiger partial charge < -0.3 is 24.7 Å². The largest absolute Gasteiger partial charge is 0.461 e. The molecule has 1 aromatic heterocycles. The van der Waals surface area contributed by atoms with Gasteiger partial charge in [0, 0.05) is 17.4 Å². The first-order chi connectivity index (χ1) is 12.5. The molecule has 140 valence electrons. The lowest BCUT2D eigenvalue weighted by molar-refractivity contribution is 0.0519. The number of benzene rings is 1. The van der Waals surface area contributed by atoms with E-state index < -0.39 is 0 Å². The number of likely N-dealkylation sites (N-methyl/N-ethyl adjacent to an activating group) is 1. The number of carbonyl (C=O) groups excluding carboxylic acids is 2. The molecular weight excluding hydrogens is 334 g/mol. The summed E-state index contributed by atoms with van der Waals surface area (Å²) in [5.74, 6) is -0.324. The molecule has 1 aliphatic heterocycles. The molecule has 2 N–H and O–H groups in total. The zero-order chi connectivity index (χ0) is 18.7. The SMILES string of the molecule is CCOC(=O)c1[nH]c2ccc(C[C@H]3COC(=O)N3)cc2c1CCN(C)C. The van der Waals surface area contributed by atoms with Crippen LogP contribution in [0.1, 0.15) is 28.5 Å². The van der Waals surface area contributed by atoms with Crippen LogP contribution in [0.4, 0.5) is 4.79 Å². The maximum absolute atomic E-state index is 12.3. The number of esters is 1. The Morgan fingerprint density at radius 3 is 2.85 bits per heavy atom. The number of nitrogens with one attached hydrogen (secondary N) is 2. The molecule has 0 radical (unpaired) electrons. The van der Waals surface area contributed by atoms with Crippen LogP contribution in [0.5, 0.6) is 0 Å². The number of fused-ring (bicyclic) bond motifs is 1. The highest BCUT2D eigenvalue weighted by Gasteiger charge is 2.23. The molecule has 3 rings (SSSR count). The highest BCUT2D eigenvalue weighted by atomic mass is 16.6. The predicted molar refractivity (Wildman–Crippen MR) is 98.5 cm³/mol. The van der Waals surface area contributed by atoms with E-state index in [4.69, 9.17) is 9.47 Å². The van der Waals surface area contributed by atoms with Crippen molar-refractivity contribution in [1.29, 1.82) is 0 Å². The number of carbonyl (C=O) groups is 2. The minimum Gasteiger partial charge on any atom is -0.461 e. The number of cyclic esters (lactones) is 1. The normalized spacial score (nSPS) is 16.8. The summed E-state index contributed by atoms with van der Waals surface area (Å²) in [6, 6.07) is 6.05. The molecule has 1 saturated heterocycles. The molecule has 2 heterocycles. The van der Waals surface area contributed by atoms with Crippen LogP contribution in [0.3, 0.4) is 0 Å². The Kier molecular flexibility index (Phi) is 5.46. The van der Waals surface area contributed by atoms with E-state index >= 15 is 0 Å². The average molecular weight is 359 g/mol. The third-order valence-electron chi connectivity index (χ3n) is 4.48. The summed E-state index contributed by atoms with van der Waals surface area (Å²) < 4.78 is 10.2. The lowest BCUT2D eigenvalue weighted by Crippen LogP contribution is -2.28. The molecule has 1 aliphatic rings. The number of H-pyrrole nitrogens is 1. The van der Waals surface area contributed by atoms with Gasteiger partial charge in [0.15, 0.2) is 0 Å². The summed E-state index contributed by atoms with van der Waals surface area (Å²) in [5, 5.41) is 3.82. The van der Waals surface area contributed by atoms with E-state index in [1.807, 2.05) is 26.2 Å². The van der Waals surface area contributed by atoms with Crippen molar-refractivity contribution in [2.45, 2.75) is 25.8 Å². The van der Waals surface area contributed by atoms with E-state index in [0.717, 1.165) is 35.0 Å². The standard InChI is InChI=1S/C19H25N3O4/c1-4-25-18(23)17-14(7-8-22(2)3)15-10-12(5-6-16(15)21-17)9-13-11-26-19(24)20-13/h5-6,10,13,21H,4,7-9,11H2,1-3H3,(H,20,24)/t13-/m0/s1. The predicted octanol–water partition coefficient (Wildman–Crippen LogP) is 2.10. The Morgan fingerprint density at radius 1 is 1.38 bits per heavy atom. The maximum Gasteiger partial charge on any atom is 0.407 e. The molecule has 26 heavy (non-hydrogen) atoms. The second-order valence-electron chi connectivity index (χ2n) is 6.78. The zero-order valence-electron chi connectivity index (χ0n) is 15.4. The van der Waals surface area contributed by atoms with E-state index in [1.165, 1.54) is 0 Å². The average Bonchev–Trinajstić information content (AvgIpc) is 3.16. The fourth-order valence-electron chi connectivity index (χ4n) is 3.22. The van der Waals surface area contributed by atoms with Gasteiger partial charge in [-0.15, -0.1) is 0 Å². The van der Waals surface area contributed by atoms with Crippen LogP contribution in [0.25, 0.3) is 10.9 Å². The number of hydrogen-bond donors (Lipinski definition) is 2. The van der Waals surface area contributed by atoms with E-state index in [0.29, 0.717) is 25.3 Å². The van der Waals surface area contributed by atoms with Gasteiger partial charge in [0.1, 0.15) is 12.3 Å². The molecule has 7 nitrogen and oxygen atoms in total. The number of aromatic amines is 1. The summed E-state index contributed by atoms with van der Waals surface area (Å²) >= 11 is 0. The molecule has 1 fully saturated rings. The van der Waals surface area contributed by atoms with E-state index in [-0.39, 0.29) is 18.1 Å².